The molecule has 0 bridgehead atoms. The van der Waals surface area contributed by atoms with Gasteiger partial charge < -0.3 is 10.0 Å². The van der Waals surface area contributed by atoms with Crippen LogP contribution in [0.5, 0.6) is 0 Å². The van der Waals surface area contributed by atoms with Crippen molar-refractivity contribution in [1.29, 1.82) is 0 Å². The minimum Gasteiger partial charge on any atom is -0.391 e. The molecule has 2 aromatic rings. The molecule has 2 N–H and O–H groups in total. The zero-order chi connectivity index (χ0) is 13.9. The summed E-state index contributed by atoms with van der Waals surface area (Å²) in [5.41, 5.74) is 1.46. The van der Waals surface area contributed by atoms with E-state index in [1.54, 1.807) is 17.3 Å². The number of aliphatic hydroxyl groups excluding tert-OH is 1. The predicted molar refractivity (Wildman–Crippen MR) is 71.9 cm³/mol. The molecular weight excluding hydrogens is 256 g/mol. The molecule has 6 heteroatoms. The van der Waals surface area contributed by atoms with E-state index in [9.17, 15) is 9.90 Å². The van der Waals surface area contributed by atoms with Crippen LogP contribution in [-0.4, -0.2) is 50.3 Å². The van der Waals surface area contributed by atoms with Crippen molar-refractivity contribution in [2.75, 3.05) is 13.1 Å². The Bertz CT molecular complexity index is 570. The third kappa shape index (κ3) is 2.55. The number of carbonyl (C=O) groups excluding carboxylic acids is 1. The van der Waals surface area contributed by atoms with E-state index in [1.807, 2.05) is 18.2 Å². The lowest BCUT2D eigenvalue weighted by molar-refractivity contribution is 0.0764. The summed E-state index contributed by atoms with van der Waals surface area (Å²) in [5, 5.41) is 16.5. The van der Waals surface area contributed by atoms with Gasteiger partial charge in [0.1, 0.15) is 0 Å². The summed E-state index contributed by atoms with van der Waals surface area (Å²) in [6.45, 7) is 0.906. The maximum atomic E-state index is 12.2. The van der Waals surface area contributed by atoms with E-state index in [1.165, 1.54) is 6.20 Å². The fourth-order valence-electron chi connectivity index (χ4n) is 2.56. The maximum absolute atomic E-state index is 12.2. The van der Waals surface area contributed by atoms with Gasteiger partial charge in [-0.15, -0.1) is 0 Å². The summed E-state index contributed by atoms with van der Waals surface area (Å²) in [7, 11) is 0. The molecule has 6 nitrogen and oxygen atoms in total. The molecule has 2 atom stereocenters. The molecule has 1 amide bonds. The highest BCUT2D eigenvalue weighted by Crippen LogP contribution is 2.22. The second kappa shape index (κ2) is 5.42. The van der Waals surface area contributed by atoms with Crippen molar-refractivity contribution in [2.45, 2.75) is 12.5 Å². The number of pyridine rings is 1. The average Bonchev–Trinajstić information content (AvgIpc) is 3.10. The first-order valence-electron chi connectivity index (χ1n) is 6.60. The Morgan fingerprint density at radius 3 is 3.05 bits per heavy atom. The highest BCUT2D eigenvalue weighted by Gasteiger charge is 2.34. The molecule has 0 spiro atoms. The Morgan fingerprint density at radius 1 is 1.45 bits per heavy atom. The standard InChI is InChI=1S/C14H16N4O2/c19-13-9-18(14(20)11-6-16-17-7-11)8-10(13)5-12-3-1-2-4-15-12/h1-4,6-7,10,13,19H,5,8-9H2,(H,16,17)/t10-,13-/m1/s1. The lowest BCUT2D eigenvalue weighted by atomic mass is 10.00. The zero-order valence-electron chi connectivity index (χ0n) is 10.9. The van der Waals surface area contributed by atoms with Gasteiger partial charge in [-0.25, -0.2) is 0 Å². The van der Waals surface area contributed by atoms with Gasteiger partial charge in [-0.2, -0.15) is 5.10 Å². The van der Waals surface area contributed by atoms with Crippen LogP contribution in [0.15, 0.2) is 36.8 Å². The van der Waals surface area contributed by atoms with Crippen LogP contribution in [0.1, 0.15) is 16.1 Å². The third-order valence-corrected chi connectivity index (χ3v) is 3.64. The summed E-state index contributed by atoms with van der Waals surface area (Å²) >= 11 is 0. The predicted octanol–water partition coefficient (Wildman–Crippen LogP) is 0.480. The zero-order valence-corrected chi connectivity index (χ0v) is 10.9. The Kier molecular flexibility index (Phi) is 3.47. The van der Waals surface area contributed by atoms with Crippen molar-refractivity contribution in [3.8, 4) is 0 Å². The number of amides is 1. The molecule has 1 aliphatic rings. The lowest BCUT2D eigenvalue weighted by Crippen LogP contribution is -2.29. The van der Waals surface area contributed by atoms with E-state index < -0.39 is 6.10 Å². The molecule has 0 saturated carbocycles. The molecule has 104 valence electrons. The van der Waals surface area contributed by atoms with Crippen molar-refractivity contribution >= 4 is 5.91 Å². The highest BCUT2D eigenvalue weighted by molar-refractivity contribution is 5.93. The van der Waals surface area contributed by atoms with Gasteiger partial charge >= 0.3 is 0 Å². The molecule has 1 fully saturated rings. The smallest absolute Gasteiger partial charge is 0.257 e. The van der Waals surface area contributed by atoms with Gasteiger partial charge in [0, 0.05) is 37.1 Å². The second-order valence-corrected chi connectivity index (χ2v) is 5.05. The normalized spacial score (nSPS) is 22.1. The van der Waals surface area contributed by atoms with Crippen molar-refractivity contribution in [3.63, 3.8) is 0 Å². The first-order valence-corrected chi connectivity index (χ1v) is 6.60. The molecule has 2 aromatic heterocycles. The number of carbonyl (C=O) groups is 1. The van der Waals surface area contributed by atoms with Crippen LogP contribution in [0.4, 0.5) is 0 Å². The summed E-state index contributed by atoms with van der Waals surface area (Å²) in [4.78, 5) is 18.1. The van der Waals surface area contributed by atoms with Crippen LogP contribution >= 0.6 is 0 Å². The van der Waals surface area contributed by atoms with Crippen molar-refractivity contribution in [3.05, 3.63) is 48.0 Å². The minimum absolute atomic E-state index is 0.0285. The summed E-state index contributed by atoms with van der Waals surface area (Å²) < 4.78 is 0. The number of aliphatic hydroxyl groups is 1. The number of aromatic amines is 1. The summed E-state index contributed by atoms with van der Waals surface area (Å²) in [5.74, 6) is -0.0675. The first kappa shape index (κ1) is 12.8. The summed E-state index contributed by atoms with van der Waals surface area (Å²) in [6, 6.07) is 5.73. The van der Waals surface area contributed by atoms with Gasteiger partial charge in [-0.3, -0.25) is 14.9 Å². The fraction of sp³-hybridized carbons (Fsp3) is 0.357. The molecule has 0 radical (unpaired) electrons. The Morgan fingerprint density at radius 2 is 2.35 bits per heavy atom. The molecule has 1 aliphatic heterocycles. The van der Waals surface area contributed by atoms with Gasteiger partial charge in [0.2, 0.25) is 0 Å². The third-order valence-electron chi connectivity index (χ3n) is 3.64. The molecule has 1 saturated heterocycles. The summed E-state index contributed by atoms with van der Waals surface area (Å²) in [6.07, 6.45) is 4.98. The van der Waals surface area contributed by atoms with E-state index in [0.29, 0.717) is 25.1 Å². The van der Waals surface area contributed by atoms with Gasteiger partial charge in [-0.05, 0) is 18.6 Å². The maximum Gasteiger partial charge on any atom is 0.257 e. The van der Waals surface area contributed by atoms with E-state index in [2.05, 4.69) is 15.2 Å². The Hall–Kier alpha value is -2.21. The number of nitrogens with one attached hydrogen (secondary N) is 1. The van der Waals surface area contributed by atoms with Gasteiger partial charge in [0.05, 0.1) is 17.9 Å². The van der Waals surface area contributed by atoms with Crippen LogP contribution < -0.4 is 0 Å². The Balaban J connectivity index is 1.66. The largest absolute Gasteiger partial charge is 0.391 e. The molecular formula is C14H16N4O2. The number of aromatic nitrogens is 3. The number of hydrogen-bond donors (Lipinski definition) is 2. The second-order valence-electron chi connectivity index (χ2n) is 5.05. The number of rotatable bonds is 3. The number of likely N-dealkylation sites (tertiary alicyclic amines) is 1. The van der Waals surface area contributed by atoms with Gasteiger partial charge in [0.25, 0.3) is 5.91 Å². The monoisotopic (exact) mass is 272 g/mol. The SMILES string of the molecule is O=C(c1cn[nH]c1)N1C[C@@H](Cc2ccccn2)[C@H](O)C1. The number of nitrogens with zero attached hydrogens (tertiary/aromatic N) is 3. The fourth-order valence-corrected chi connectivity index (χ4v) is 2.56. The van der Waals surface area contributed by atoms with Crippen LogP contribution in [0.25, 0.3) is 0 Å². The molecule has 0 unspecified atom stereocenters. The van der Waals surface area contributed by atoms with Crippen LogP contribution in [0.2, 0.25) is 0 Å². The quantitative estimate of drug-likeness (QED) is 0.851. The topological polar surface area (TPSA) is 82.1 Å². The highest BCUT2D eigenvalue weighted by atomic mass is 16.3. The molecule has 0 aromatic carbocycles. The van der Waals surface area contributed by atoms with E-state index in [-0.39, 0.29) is 11.8 Å². The molecule has 3 rings (SSSR count). The average molecular weight is 272 g/mol. The number of β-amino-alcohol motifs (C(OH)–C–C–N with tert-alkyl or cyclic N) is 1. The van der Waals surface area contributed by atoms with E-state index in [4.69, 9.17) is 0 Å². The van der Waals surface area contributed by atoms with Crippen LogP contribution in [0, 0.1) is 5.92 Å². The first-order chi connectivity index (χ1) is 9.74. The lowest BCUT2D eigenvalue weighted by Gasteiger charge is -2.14. The van der Waals surface area contributed by atoms with Crippen molar-refractivity contribution in [2.24, 2.45) is 5.92 Å². The van der Waals surface area contributed by atoms with Crippen LogP contribution in [-0.2, 0) is 6.42 Å². The molecule has 0 aliphatic carbocycles. The van der Waals surface area contributed by atoms with Crippen molar-refractivity contribution in [1.82, 2.24) is 20.1 Å². The van der Waals surface area contributed by atoms with Gasteiger partial charge in [-0.1, -0.05) is 6.07 Å². The molecule has 3 heterocycles. The van der Waals surface area contributed by atoms with Crippen LogP contribution in [0.3, 0.4) is 0 Å². The molecule has 20 heavy (non-hydrogen) atoms. The Labute approximate surface area is 116 Å². The number of H-pyrrole nitrogens is 1. The van der Waals surface area contributed by atoms with Crippen molar-refractivity contribution < 1.29 is 9.90 Å². The van der Waals surface area contributed by atoms with E-state index in [0.717, 1.165) is 5.69 Å². The van der Waals surface area contributed by atoms with E-state index >= 15 is 0 Å². The number of hydrogen-bond acceptors (Lipinski definition) is 4. The van der Waals surface area contributed by atoms with Gasteiger partial charge in [0.15, 0.2) is 0 Å². The minimum atomic E-state index is -0.507.